The second kappa shape index (κ2) is 5.06. The smallest absolute Gasteiger partial charge is 0.134 e. The van der Waals surface area contributed by atoms with E-state index in [1.165, 1.54) is 0 Å². The molecule has 0 aliphatic carbocycles. The standard InChI is InChI=1S/C10H17N3S/c1-4-5-10(2,3)8(12)7(6-11)9(13)14/h7,12H,4-5H2,1-3H3,(H2,13,14). The summed E-state index contributed by atoms with van der Waals surface area (Å²) in [5.41, 5.74) is 5.44. The van der Waals surface area contributed by atoms with E-state index in [2.05, 4.69) is 6.92 Å². The first kappa shape index (κ1) is 13.1. The first-order chi connectivity index (χ1) is 6.36. The quantitative estimate of drug-likeness (QED) is 0.541. The second-order valence-corrected chi connectivity index (χ2v) is 4.48. The molecule has 4 heteroatoms. The van der Waals surface area contributed by atoms with Crippen LogP contribution < -0.4 is 5.73 Å². The van der Waals surface area contributed by atoms with Gasteiger partial charge in [-0.3, -0.25) is 0 Å². The molecular weight excluding hydrogens is 194 g/mol. The Balaban J connectivity index is 4.76. The van der Waals surface area contributed by atoms with E-state index in [1.54, 1.807) is 0 Å². The summed E-state index contributed by atoms with van der Waals surface area (Å²) in [5.74, 6) is -0.716. The molecule has 0 rings (SSSR count). The molecule has 0 bridgehead atoms. The van der Waals surface area contributed by atoms with Crippen molar-refractivity contribution in [3.05, 3.63) is 0 Å². The van der Waals surface area contributed by atoms with Crippen LogP contribution in [-0.2, 0) is 0 Å². The summed E-state index contributed by atoms with van der Waals surface area (Å²) < 4.78 is 0. The van der Waals surface area contributed by atoms with E-state index >= 15 is 0 Å². The number of nitrogens with zero attached hydrogens (tertiary/aromatic N) is 1. The van der Waals surface area contributed by atoms with E-state index in [0.29, 0.717) is 5.71 Å². The lowest BCUT2D eigenvalue weighted by Gasteiger charge is -2.27. The average molecular weight is 211 g/mol. The van der Waals surface area contributed by atoms with Gasteiger partial charge in [-0.2, -0.15) is 5.26 Å². The second-order valence-electron chi connectivity index (χ2n) is 4.01. The fraction of sp³-hybridized carbons (Fsp3) is 0.700. The van der Waals surface area contributed by atoms with Crippen LogP contribution >= 0.6 is 12.2 Å². The Labute approximate surface area is 90.8 Å². The third-order valence-electron chi connectivity index (χ3n) is 2.31. The number of rotatable bonds is 5. The van der Waals surface area contributed by atoms with Gasteiger partial charge in [-0.25, -0.2) is 0 Å². The van der Waals surface area contributed by atoms with Crippen molar-refractivity contribution in [3.8, 4) is 6.07 Å². The summed E-state index contributed by atoms with van der Waals surface area (Å²) in [4.78, 5) is 0.0988. The Morgan fingerprint density at radius 3 is 2.43 bits per heavy atom. The molecule has 0 aliphatic heterocycles. The molecule has 0 aromatic rings. The highest BCUT2D eigenvalue weighted by Gasteiger charge is 2.30. The van der Waals surface area contributed by atoms with Gasteiger partial charge >= 0.3 is 0 Å². The minimum atomic E-state index is -0.716. The molecule has 0 amide bonds. The first-order valence-corrected chi connectivity index (χ1v) is 5.05. The van der Waals surface area contributed by atoms with E-state index in [9.17, 15) is 0 Å². The Hall–Kier alpha value is -0.950. The predicted octanol–water partition coefficient (Wildman–Crippen LogP) is 2.26. The van der Waals surface area contributed by atoms with Gasteiger partial charge in [0.15, 0.2) is 0 Å². The molecule has 0 spiro atoms. The molecule has 3 nitrogen and oxygen atoms in total. The molecule has 1 atom stereocenters. The van der Waals surface area contributed by atoms with Crippen LogP contribution in [0, 0.1) is 28.1 Å². The molecule has 78 valence electrons. The van der Waals surface area contributed by atoms with Crippen LogP contribution in [0.4, 0.5) is 0 Å². The number of nitriles is 1. The van der Waals surface area contributed by atoms with E-state index in [0.717, 1.165) is 12.8 Å². The zero-order valence-corrected chi connectivity index (χ0v) is 9.74. The molecule has 0 fully saturated rings. The average Bonchev–Trinajstić information content (AvgIpc) is 2.04. The maximum atomic E-state index is 8.84. The fourth-order valence-electron chi connectivity index (χ4n) is 1.42. The van der Waals surface area contributed by atoms with Gasteiger partial charge < -0.3 is 11.1 Å². The van der Waals surface area contributed by atoms with Crippen LogP contribution in [0.1, 0.15) is 33.6 Å². The van der Waals surface area contributed by atoms with Crippen molar-refractivity contribution < 1.29 is 0 Å². The summed E-state index contributed by atoms with van der Waals surface area (Å²) >= 11 is 4.76. The molecule has 0 saturated carbocycles. The van der Waals surface area contributed by atoms with Crippen molar-refractivity contribution >= 4 is 22.9 Å². The molecule has 0 aromatic heterocycles. The number of hydrogen-bond donors (Lipinski definition) is 2. The van der Waals surface area contributed by atoms with Crippen LogP contribution in [0.15, 0.2) is 0 Å². The summed E-state index contributed by atoms with van der Waals surface area (Å²) in [5, 5.41) is 16.7. The van der Waals surface area contributed by atoms with Crippen molar-refractivity contribution in [2.24, 2.45) is 17.1 Å². The third-order valence-corrected chi connectivity index (χ3v) is 2.54. The van der Waals surface area contributed by atoms with Gasteiger partial charge in [0.1, 0.15) is 5.92 Å². The molecular formula is C10H17N3S. The van der Waals surface area contributed by atoms with Gasteiger partial charge in [0.25, 0.3) is 0 Å². The number of hydrogen-bond acceptors (Lipinski definition) is 3. The van der Waals surface area contributed by atoms with Crippen LogP contribution in [0.5, 0.6) is 0 Å². The number of thiocarbonyl (C=S) groups is 1. The SMILES string of the molecule is CCCC(C)(C)C(=N)C(C#N)C(N)=S. The van der Waals surface area contributed by atoms with Crippen LogP contribution in [-0.4, -0.2) is 10.7 Å². The minimum Gasteiger partial charge on any atom is -0.392 e. The first-order valence-electron chi connectivity index (χ1n) is 4.64. The zero-order valence-electron chi connectivity index (χ0n) is 8.92. The van der Waals surface area contributed by atoms with Gasteiger partial charge in [-0.1, -0.05) is 39.4 Å². The highest BCUT2D eigenvalue weighted by molar-refractivity contribution is 7.80. The van der Waals surface area contributed by atoms with Crippen LogP contribution in [0.2, 0.25) is 0 Å². The lowest BCUT2D eigenvalue weighted by atomic mass is 9.77. The van der Waals surface area contributed by atoms with Crippen molar-refractivity contribution in [3.63, 3.8) is 0 Å². The number of nitrogens with two attached hydrogens (primary N) is 1. The van der Waals surface area contributed by atoms with E-state index in [1.807, 2.05) is 19.9 Å². The van der Waals surface area contributed by atoms with Crippen LogP contribution in [0.25, 0.3) is 0 Å². The molecule has 0 radical (unpaired) electrons. The Morgan fingerprint density at radius 2 is 2.14 bits per heavy atom. The molecule has 3 N–H and O–H groups in total. The minimum absolute atomic E-state index is 0.0988. The molecule has 0 saturated heterocycles. The van der Waals surface area contributed by atoms with E-state index in [4.69, 9.17) is 28.6 Å². The van der Waals surface area contributed by atoms with Gasteiger partial charge in [-0.05, 0) is 6.42 Å². The summed E-state index contributed by atoms with van der Waals surface area (Å²) in [6.45, 7) is 5.94. The maximum Gasteiger partial charge on any atom is 0.134 e. The molecule has 0 heterocycles. The summed E-state index contributed by atoms with van der Waals surface area (Å²) in [7, 11) is 0. The van der Waals surface area contributed by atoms with Gasteiger partial charge in [0, 0.05) is 11.1 Å². The van der Waals surface area contributed by atoms with Gasteiger partial charge in [0.05, 0.1) is 11.1 Å². The number of nitrogens with one attached hydrogen (secondary N) is 1. The van der Waals surface area contributed by atoms with Gasteiger partial charge in [0.2, 0.25) is 0 Å². The van der Waals surface area contributed by atoms with E-state index in [-0.39, 0.29) is 10.4 Å². The normalized spacial score (nSPS) is 13.0. The van der Waals surface area contributed by atoms with Crippen molar-refractivity contribution in [2.45, 2.75) is 33.6 Å². The fourth-order valence-corrected chi connectivity index (χ4v) is 1.59. The zero-order chi connectivity index (χ0) is 11.4. The van der Waals surface area contributed by atoms with Crippen molar-refractivity contribution in [2.75, 3.05) is 0 Å². The van der Waals surface area contributed by atoms with E-state index < -0.39 is 5.92 Å². The molecule has 0 aromatic carbocycles. The highest BCUT2D eigenvalue weighted by Crippen LogP contribution is 2.27. The summed E-state index contributed by atoms with van der Waals surface area (Å²) in [6, 6.07) is 1.98. The van der Waals surface area contributed by atoms with Gasteiger partial charge in [-0.15, -0.1) is 0 Å². The largest absolute Gasteiger partial charge is 0.392 e. The molecule has 1 unspecified atom stereocenters. The monoisotopic (exact) mass is 211 g/mol. The Kier molecular flexibility index (Phi) is 4.72. The van der Waals surface area contributed by atoms with Crippen molar-refractivity contribution in [1.29, 1.82) is 10.7 Å². The maximum absolute atomic E-state index is 8.84. The third kappa shape index (κ3) is 3.08. The Bertz CT molecular complexity index is 276. The summed E-state index contributed by atoms with van der Waals surface area (Å²) in [6.07, 6.45) is 1.84. The highest BCUT2D eigenvalue weighted by atomic mass is 32.1. The molecule has 14 heavy (non-hydrogen) atoms. The predicted molar refractivity (Wildman–Crippen MR) is 62.3 cm³/mol. The van der Waals surface area contributed by atoms with Crippen LogP contribution in [0.3, 0.4) is 0 Å². The topological polar surface area (TPSA) is 73.7 Å². The van der Waals surface area contributed by atoms with Crippen molar-refractivity contribution in [1.82, 2.24) is 0 Å². The lowest BCUT2D eigenvalue weighted by Crippen LogP contribution is -2.36. The Morgan fingerprint density at radius 1 is 1.64 bits per heavy atom. The molecule has 0 aliphatic rings. The lowest BCUT2D eigenvalue weighted by molar-refractivity contribution is 0.457.